The van der Waals surface area contributed by atoms with E-state index < -0.39 is 0 Å². The van der Waals surface area contributed by atoms with Gasteiger partial charge in [0.05, 0.1) is 0 Å². The number of aromatic hydroxyl groups is 1. The molecule has 0 saturated heterocycles. The maximum absolute atomic E-state index is 9.22. The molecule has 0 fully saturated rings. The smallest absolute Gasteiger partial charge is 0.129 e. The summed E-state index contributed by atoms with van der Waals surface area (Å²) in [5, 5.41) is 9.22. The van der Waals surface area contributed by atoms with Gasteiger partial charge >= 0.3 is 0 Å². The van der Waals surface area contributed by atoms with Gasteiger partial charge in [0.2, 0.25) is 0 Å². The van der Waals surface area contributed by atoms with Crippen LogP contribution < -0.4 is 5.73 Å². The Labute approximate surface area is 64.3 Å². The fourth-order valence-electron chi connectivity index (χ4n) is 0.859. The van der Waals surface area contributed by atoms with Crippen molar-refractivity contribution in [3.63, 3.8) is 0 Å². The second-order valence-corrected chi connectivity index (χ2v) is 3.55. The Balaban J connectivity index is 2.81. The third-order valence-electron chi connectivity index (χ3n) is 1.28. The molecule has 1 heterocycles. The standard InChI is InChI=1S/C7H11NOS/c1-5-4-6(9)7(10-5)2-3-8/h4,9H,2-3,8H2,1H3. The van der Waals surface area contributed by atoms with Crippen molar-refractivity contribution in [3.8, 4) is 5.75 Å². The Kier molecular flexibility index (Phi) is 2.29. The van der Waals surface area contributed by atoms with Gasteiger partial charge < -0.3 is 10.8 Å². The lowest BCUT2D eigenvalue weighted by Gasteiger charge is -1.91. The zero-order valence-electron chi connectivity index (χ0n) is 5.92. The van der Waals surface area contributed by atoms with Gasteiger partial charge in [0.25, 0.3) is 0 Å². The molecule has 0 amide bonds. The van der Waals surface area contributed by atoms with E-state index in [1.165, 1.54) is 0 Å². The summed E-state index contributed by atoms with van der Waals surface area (Å²) in [5.74, 6) is 0.396. The van der Waals surface area contributed by atoms with Crippen molar-refractivity contribution in [2.75, 3.05) is 6.54 Å². The molecule has 3 heteroatoms. The molecule has 1 aromatic heterocycles. The van der Waals surface area contributed by atoms with E-state index in [1.54, 1.807) is 17.4 Å². The van der Waals surface area contributed by atoms with Gasteiger partial charge in [0, 0.05) is 9.75 Å². The van der Waals surface area contributed by atoms with Crippen molar-refractivity contribution in [1.82, 2.24) is 0 Å². The molecule has 2 nitrogen and oxygen atoms in total. The predicted octanol–water partition coefficient (Wildman–Crippen LogP) is 1.26. The summed E-state index contributed by atoms with van der Waals surface area (Å²) < 4.78 is 0. The molecule has 0 aliphatic heterocycles. The van der Waals surface area contributed by atoms with Crippen LogP contribution in [0.15, 0.2) is 6.07 Å². The Morgan fingerprint density at radius 3 is 2.80 bits per heavy atom. The van der Waals surface area contributed by atoms with E-state index >= 15 is 0 Å². The molecule has 0 radical (unpaired) electrons. The third kappa shape index (κ3) is 1.49. The molecule has 0 bridgehead atoms. The van der Waals surface area contributed by atoms with Crippen molar-refractivity contribution in [1.29, 1.82) is 0 Å². The van der Waals surface area contributed by atoms with Gasteiger partial charge in [-0.2, -0.15) is 0 Å². The molecule has 10 heavy (non-hydrogen) atoms. The molecule has 0 unspecified atom stereocenters. The maximum Gasteiger partial charge on any atom is 0.129 e. The minimum absolute atomic E-state index is 0.396. The number of rotatable bonds is 2. The first-order valence-corrected chi connectivity index (χ1v) is 4.04. The van der Waals surface area contributed by atoms with Crippen LogP contribution in [0.5, 0.6) is 5.75 Å². The highest BCUT2D eigenvalue weighted by molar-refractivity contribution is 7.12. The van der Waals surface area contributed by atoms with E-state index in [4.69, 9.17) is 5.73 Å². The monoisotopic (exact) mass is 157 g/mol. The molecule has 0 aliphatic carbocycles. The number of thiophene rings is 1. The van der Waals surface area contributed by atoms with Gasteiger partial charge in [-0.15, -0.1) is 11.3 Å². The third-order valence-corrected chi connectivity index (χ3v) is 2.38. The first-order valence-electron chi connectivity index (χ1n) is 3.22. The van der Waals surface area contributed by atoms with Gasteiger partial charge in [-0.1, -0.05) is 0 Å². The second-order valence-electron chi connectivity index (χ2n) is 2.20. The fourth-order valence-corrected chi connectivity index (χ4v) is 1.80. The first-order chi connectivity index (χ1) is 4.74. The highest BCUT2D eigenvalue weighted by Crippen LogP contribution is 2.27. The van der Waals surface area contributed by atoms with Gasteiger partial charge in [0.1, 0.15) is 5.75 Å². The van der Waals surface area contributed by atoms with Crippen molar-refractivity contribution in [3.05, 3.63) is 15.8 Å². The Morgan fingerprint density at radius 2 is 2.40 bits per heavy atom. The van der Waals surface area contributed by atoms with E-state index in [0.717, 1.165) is 16.2 Å². The van der Waals surface area contributed by atoms with E-state index in [9.17, 15) is 5.11 Å². The normalized spacial score (nSPS) is 10.2. The average molecular weight is 157 g/mol. The van der Waals surface area contributed by atoms with Crippen LogP contribution in [0.25, 0.3) is 0 Å². The highest BCUT2D eigenvalue weighted by Gasteiger charge is 2.02. The molecule has 0 aromatic carbocycles. The van der Waals surface area contributed by atoms with Crippen LogP contribution in [0.1, 0.15) is 9.75 Å². The van der Waals surface area contributed by atoms with Crippen LogP contribution in [0, 0.1) is 6.92 Å². The maximum atomic E-state index is 9.22. The first kappa shape index (κ1) is 7.57. The topological polar surface area (TPSA) is 46.2 Å². The van der Waals surface area contributed by atoms with Crippen LogP contribution in [-0.4, -0.2) is 11.7 Å². The summed E-state index contributed by atoms with van der Waals surface area (Å²) in [6.45, 7) is 2.58. The minimum Gasteiger partial charge on any atom is -0.507 e. The van der Waals surface area contributed by atoms with Gasteiger partial charge in [0.15, 0.2) is 0 Å². The molecule has 3 N–H and O–H groups in total. The Morgan fingerprint density at radius 1 is 1.70 bits per heavy atom. The molecular weight excluding hydrogens is 146 g/mol. The molecule has 0 saturated carbocycles. The highest BCUT2D eigenvalue weighted by atomic mass is 32.1. The van der Waals surface area contributed by atoms with Crippen molar-refractivity contribution < 1.29 is 5.11 Å². The lowest BCUT2D eigenvalue weighted by atomic mass is 10.3. The number of aryl methyl sites for hydroxylation is 1. The Hall–Kier alpha value is -0.540. The van der Waals surface area contributed by atoms with E-state index in [1.807, 2.05) is 6.92 Å². The van der Waals surface area contributed by atoms with Crippen LogP contribution in [-0.2, 0) is 6.42 Å². The molecule has 1 aromatic rings. The number of hydrogen-bond acceptors (Lipinski definition) is 3. The van der Waals surface area contributed by atoms with Gasteiger partial charge in [-0.3, -0.25) is 0 Å². The zero-order valence-corrected chi connectivity index (χ0v) is 6.74. The molecule has 0 spiro atoms. The zero-order chi connectivity index (χ0) is 7.56. The average Bonchev–Trinajstić information content (AvgIpc) is 2.13. The lowest BCUT2D eigenvalue weighted by Crippen LogP contribution is -2.00. The number of nitrogens with two attached hydrogens (primary N) is 1. The Bertz CT molecular complexity index is 219. The lowest BCUT2D eigenvalue weighted by molar-refractivity contribution is 0.471. The van der Waals surface area contributed by atoms with Crippen LogP contribution >= 0.6 is 11.3 Å². The van der Waals surface area contributed by atoms with Crippen molar-refractivity contribution in [2.45, 2.75) is 13.3 Å². The fraction of sp³-hybridized carbons (Fsp3) is 0.429. The quantitative estimate of drug-likeness (QED) is 0.679. The molecule has 1 rings (SSSR count). The van der Waals surface area contributed by atoms with Crippen LogP contribution in [0.2, 0.25) is 0 Å². The largest absolute Gasteiger partial charge is 0.507 e. The van der Waals surface area contributed by atoms with Crippen molar-refractivity contribution >= 4 is 11.3 Å². The van der Waals surface area contributed by atoms with E-state index in [0.29, 0.717) is 12.3 Å². The second kappa shape index (κ2) is 3.03. The van der Waals surface area contributed by atoms with E-state index in [2.05, 4.69) is 0 Å². The summed E-state index contributed by atoms with van der Waals surface area (Å²) >= 11 is 1.61. The summed E-state index contributed by atoms with van der Waals surface area (Å²) in [4.78, 5) is 2.14. The molecular formula is C7H11NOS. The summed E-state index contributed by atoms with van der Waals surface area (Å²) in [6.07, 6.45) is 0.782. The van der Waals surface area contributed by atoms with Crippen LogP contribution in [0.4, 0.5) is 0 Å². The van der Waals surface area contributed by atoms with Gasteiger partial charge in [-0.05, 0) is 26.0 Å². The predicted molar refractivity (Wildman–Crippen MR) is 43.5 cm³/mol. The summed E-state index contributed by atoms with van der Waals surface area (Å²) in [7, 11) is 0. The number of hydrogen-bond donors (Lipinski definition) is 2. The minimum atomic E-state index is 0.396. The molecule has 0 atom stereocenters. The van der Waals surface area contributed by atoms with Crippen molar-refractivity contribution in [2.24, 2.45) is 5.73 Å². The summed E-state index contributed by atoms with van der Waals surface area (Å²) in [6, 6.07) is 1.77. The van der Waals surface area contributed by atoms with Crippen LogP contribution in [0.3, 0.4) is 0 Å². The SMILES string of the molecule is Cc1cc(O)c(CCN)s1. The van der Waals surface area contributed by atoms with Gasteiger partial charge in [-0.25, -0.2) is 0 Å². The molecule has 0 aliphatic rings. The molecule has 56 valence electrons. The summed E-state index contributed by atoms with van der Waals surface area (Å²) in [5.41, 5.74) is 5.33. The van der Waals surface area contributed by atoms with E-state index in [-0.39, 0.29) is 0 Å².